The molecule has 0 atom stereocenters. The Labute approximate surface area is 103 Å². The minimum Gasteiger partial charge on any atom is -0.366 e. The van der Waals surface area contributed by atoms with E-state index in [9.17, 15) is 0 Å². The molecule has 0 unspecified atom stereocenters. The molecule has 1 N–H and O–H groups in total. The van der Waals surface area contributed by atoms with Crippen molar-refractivity contribution in [1.82, 2.24) is 4.98 Å². The number of rotatable bonds is 2. The lowest BCUT2D eigenvalue weighted by Gasteiger charge is -2.21. The fourth-order valence-corrected chi connectivity index (χ4v) is 2.40. The van der Waals surface area contributed by atoms with Crippen LogP contribution in [-0.4, -0.2) is 11.0 Å². The van der Waals surface area contributed by atoms with Crippen LogP contribution in [0, 0.1) is 11.3 Å². The topological polar surface area (TPSA) is 48.7 Å². The van der Waals surface area contributed by atoms with Gasteiger partial charge in [-0.25, -0.2) is 4.98 Å². The molecule has 1 aromatic heterocycles. The number of aromatic nitrogens is 1. The van der Waals surface area contributed by atoms with Gasteiger partial charge in [0.2, 0.25) is 0 Å². The summed E-state index contributed by atoms with van der Waals surface area (Å²) in [6, 6.07) is 6.30. The quantitative estimate of drug-likeness (QED) is 0.844. The van der Waals surface area contributed by atoms with Crippen molar-refractivity contribution in [2.75, 3.05) is 5.32 Å². The molecule has 0 radical (unpaired) electrons. The van der Waals surface area contributed by atoms with E-state index in [2.05, 4.69) is 16.4 Å². The Bertz CT molecular complexity index is 387. The number of hydrogen-bond acceptors (Lipinski definition) is 3. The Hall–Kier alpha value is -1.56. The molecule has 1 fully saturated rings. The number of pyridine rings is 1. The second kappa shape index (κ2) is 6.24. The zero-order chi connectivity index (χ0) is 11.9. The summed E-state index contributed by atoms with van der Waals surface area (Å²) in [5.41, 5.74) is 0.648. The summed E-state index contributed by atoms with van der Waals surface area (Å²) < 4.78 is 0. The smallest absolute Gasteiger partial charge is 0.144 e. The molecule has 1 aliphatic rings. The summed E-state index contributed by atoms with van der Waals surface area (Å²) in [5.74, 6) is 0.751. The van der Waals surface area contributed by atoms with Crippen molar-refractivity contribution in [1.29, 1.82) is 5.26 Å². The molecule has 0 aromatic carbocycles. The van der Waals surface area contributed by atoms with Crippen LogP contribution in [0.3, 0.4) is 0 Å². The summed E-state index contributed by atoms with van der Waals surface area (Å²) in [7, 11) is 0. The average Bonchev–Trinajstić information content (AvgIpc) is 2.33. The fourth-order valence-electron chi connectivity index (χ4n) is 2.40. The van der Waals surface area contributed by atoms with Gasteiger partial charge in [0.25, 0.3) is 0 Å². The molecule has 90 valence electrons. The average molecular weight is 229 g/mol. The summed E-state index contributed by atoms with van der Waals surface area (Å²) in [5, 5.41) is 12.5. The third-order valence-electron chi connectivity index (χ3n) is 3.37. The molecule has 0 saturated heterocycles. The van der Waals surface area contributed by atoms with Crippen LogP contribution in [0.5, 0.6) is 0 Å². The van der Waals surface area contributed by atoms with Crippen molar-refractivity contribution >= 4 is 5.82 Å². The zero-order valence-corrected chi connectivity index (χ0v) is 10.2. The van der Waals surface area contributed by atoms with Crippen molar-refractivity contribution in [3.8, 4) is 6.07 Å². The largest absolute Gasteiger partial charge is 0.366 e. The molecule has 1 aliphatic carbocycles. The molecular formula is C14H19N3. The van der Waals surface area contributed by atoms with Gasteiger partial charge in [0.15, 0.2) is 0 Å². The van der Waals surface area contributed by atoms with Crippen molar-refractivity contribution < 1.29 is 0 Å². The normalized spacial score (nSPS) is 17.8. The highest BCUT2D eigenvalue weighted by Gasteiger charge is 2.13. The van der Waals surface area contributed by atoms with Gasteiger partial charge in [0.05, 0.1) is 5.56 Å². The molecule has 17 heavy (non-hydrogen) atoms. The first-order valence-electron chi connectivity index (χ1n) is 6.52. The predicted molar refractivity (Wildman–Crippen MR) is 68.7 cm³/mol. The monoisotopic (exact) mass is 229 g/mol. The van der Waals surface area contributed by atoms with Gasteiger partial charge >= 0.3 is 0 Å². The van der Waals surface area contributed by atoms with Crippen LogP contribution in [0.2, 0.25) is 0 Å². The van der Waals surface area contributed by atoms with Crippen LogP contribution in [0.4, 0.5) is 5.82 Å². The van der Waals surface area contributed by atoms with E-state index in [1.54, 1.807) is 6.20 Å². The zero-order valence-electron chi connectivity index (χ0n) is 10.2. The van der Waals surface area contributed by atoms with E-state index in [-0.39, 0.29) is 0 Å². The Morgan fingerprint density at radius 1 is 1.18 bits per heavy atom. The highest BCUT2D eigenvalue weighted by atomic mass is 15.0. The molecule has 0 amide bonds. The van der Waals surface area contributed by atoms with Gasteiger partial charge < -0.3 is 5.32 Å². The van der Waals surface area contributed by atoms with E-state index >= 15 is 0 Å². The Kier molecular flexibility index (Phi) is 4.37. The maximum absolute atomic E-state index is 9.02. The van der Waals surface area contributed by atoms with E-state index in [1.807, 2.05) is 12.1 Å². The van der Waals surface area contributed by atoms with Crippen molar-refractivity contribution in [2.24, 2.45) is 0 Å². The summed E-state index contributed by atoms with van der Waals surface area (Å²) in [6.07, 6.45) is 10.8. The van der Waals surface area contributed by atoms with Gasteiger partial charge in [0, 0.05) is 12.2 Å². The van der Waals surface area contributed by atoms with Gasteiger partial charge in [0.1, 0.15) is 11.9 Å². The molecule has 1 aromatic rings. The van der Waals surface area contributed by atoms with Gasteiger partial charge in [-0.1, -0.05) is 32.1 Å². The number of nitriles is 1. The number of anilines is 1. The maximum Gasteiger partial charge on any atom is 0.144 e. The van der Waals surface area contributed by atoms with E-state index in [1.165, 1.54) is 44.9 Å². The van der Waals surface area contributed by atoms with Crippen LogP contribution in [0.25, 0.3) is 0 Å². The van der Waals surface area contributed by atoms with Gasteiger partial charge in [-0.3, -0.25) is 0 Å². The number of nitrogens with zero attached hydrogens (tertiary/aromatic N) is 2. The molecule has 1 heterocycles. The lowest BCUT2D eigenvalue weighted by molar-refractivity contribution is 0.470. The molecular weight excluding hydrogens is 210 g/mol. The lowest BCUT2D eigenvalue weighted by Crippen LogP contribution is -2.21. The fraction of sp³-hybridized carbons (Fsp3) is 0.571. The van der Waals surface area contributed by atoms with Crippen LogP contribution in [0.1, 0.15) is 50.5 Å². The second-order valence-corrected chi connectivity index (χ2v) is 4.70. The van der Waals surface area contributed by atoms with Gasteiger partial charge in [-0.15, -0.1) is 0 Å². The van der Waals surface area contributed by atoms with Crippen molar-refractivity contribution in [3.05, 3.63) is 23.9 Å². The van der Waals surface area contributed by atoms with E-state index in [0.717, 1.165) is 5.82 Å². The molecule has 1 saturated carbocycles. The van der Waals surface area contributed by atoms with Crippen molar-refractivity contribution in [2.45, 2.75) is 51.0 Å². The first-order valence-corrected chi connectivity index (χ1v) is 6.52. The van der Waals surface area contributed by atoms with Crippen LogP contribution in [-0.2, 0) is 0 Å². The molecule has 0 aliphatic heterocycles. The molecule has 3 heteroatoms. The summed E-state index contributed by atoms with van der Waals surface area (Å²) in [4.78, 5) is 4.26. The third-order valence-corrected chi connectivity index (χ3v) is 3.37. The predicted octanol–water partition coefficient (Wildman–Crippen LogP) is 3.48. The maximum atomic E-state index is 9.02. The highest BCUT2D eigenvalue weighted by Crippen LogP contribution is 2.21. The molecule has 3 nitrogen and oxygen atoms in total. The van der Waals surface area contributed by atoms with E-state index < -0.39 is 0 Å². The first kappa shape index (κ1) is 11.9. The third kappa shape index (κ3) is 3.45. The Morgan fingerprint density at radius 3 is 2.59 bits per heavy atom. The molecule has 2 rings (SSSR count). The first-order chi connectivity index (χ1) is 8.40. The standard InChI is InChI=1S/C14H19N3/c15-11-12-7-6-10-16-14(12)17-13-8-4-2-1-3-5-9-13/h6-7,10,13H,1-5,8-9H2,(H,16,17). The molecule has 0 bridgehead atoms. The van der Waals surface area contributed by atoms with E-state index in [4.69, 9.17) is 5.26 Å². The SMILES string of the molecule is N#Cc1cccnc1NC1CCCCCCC1. The minimum atomic E-state index is 0.484. The van der Waals surface area contributed by atoms with E-state index in [0.29, 0.717) is 11.6 Å². The lowest BCUT2D eigenvalue weighted by atomic mass is 9.96. The van der Waals surface area contributed by atoms with Crippen LogP contribution in [0.15, 0.2) is 18.3 Å². The summed E-state index contributed by atoms with van der Waals surface area (Å²) >= 11 is 0. The highest BCUT2D eigenvalue weighted by molar-refractivity contribution is 5.51. The van der Waals surface area contributed by atoms with Crippen LogP contribution >= 0.6 is 0 Å². The summed E-state index contributed by atoms with van der Waals surface area (Å²) in [6.45, 7) is 0. The molecule has 0 spiro atoms. The Balaban J connectivity index is 2.01. The number of nitrogens with one attached hydrogen (secondary N) is 1. The Morgan fingerprint density at radius 2 is 1.88 bits per heavy atom. The van der Waals surface area contributed by atoms with Crippen molar-refractivity contribution in [3.63, 3.8) is 0 Å². The second-order valence-electron chi connectivity index (χ2n) is 4.70. The number of hydrogen-bond donors (Lipinski definition) is 1. The van der Waals surface area contributed by atoms with Gasteiger partial charge in [-0.05, 0) is 25.0 Å². The van der Waals surface area contributed by atoms with Crippen LogP contribution < -0.4 is 5.32 Å². The minimum absolute atomic E-state index is 0.484. The van der Waals surface area contributed by atoms with Gasteiger partial charge in [-0.2, -0.15) is 5.26 Å².